The number of ether oxygens (including phenoxy) is 1. The number of piperidine rings is 1. The highest BCUT2D eigenvalue weighted by Crippen LogP contribution is 2.38. The summed E-state index contributed by atoms with van der Waals surface area (Å²) in [4.78, 5) is 5.72. The molecule has 2 aromatic carbocycles. The van der Waals surface area contributed by atoms with E-state index in [9.17, 15) is 27.8 Å². The molecule has 0 aliphatic carbocycles. The first-order valence-corrected chi connectivity index (χ1v) is 12.7. The quantitative estimate of drug-likeness (QED) is 0.296. The monoisotopic (exact) mass is 612 g/mol. The lowest BCUT2D eigenvalue weighted by molar-refractivity contribution is -0.302. The van der Waals surface area contributed by atoms with E-state index in [1.807, 2.05) is 0 Å². The van der Waals surface area contributed by atoms with Crippen molar-refractivity contribution in [1.29, 1.82) is 0 Å². The molecule has 200 valence electrons. The predicted octanol–water partition coefficient (Wildman–Crippen LogP) is 5.44. The van der Waals surface area contributed by atoms with E-state index in [2.05, 4.69) is 32.8 Å². The third-order valence-electron chi connectivity index (χ3n) is 6.22. The maximum absolute atomic E-state index is 14.6. The molecule has 4 rings (SSSR count). The Balaban J connectivity index is 1.33. The van der Waals surface area contributed by atoms with Crippen molar-refractivity contribution in [2.45, 2.75) is 24.3 Å². The largest absolute Gasteiger partial charge is 0.491 e. The van der Waals surface area contributed by atoms with Gasteiger partial charge in [-0.15, -0.1) is 0 Å². The zero-order valence-corrected chi connectivity index (χ0v) is 22.1. The summed E-state index contributed by atoms with van der Waals surface area (Å²) < 4.78 is 59.9. The third-order valence-corrected chi connectivity index (χ3v) is 7.10. The van der Waals surface area contributed by atoms with Gasteiger partial charge in [0.2, 0.25) is 0 Å². The summed E-state index contributed by atoms with van der Waals surface area (Å²) in [6.45, 7) is 0.0591. The number of aliphatic hydroxyl groups excluding tert-OH is 1. The molecule has 1 aliphatic heterocycles. The van der Waals surface area contributed by atoms with Gasteiger partial charge < -0.3 is 14.9 Å². The van der Waals surface area contributed by atoms with Crippen molar-refractivity contribution < 1.29 is 32.5 Å². The molecule has 3 aromatic rings. The summed E-state index contributed by atoms with van der Waals surface area (Å²) in [6, 6.07) is 13.4. The van der Waals surface area contributed by atoms with Gasteiger partial charge in [0.1, 0.15) is 24.2 Å². The number of halogens is 6. The van der Waals surface area contributed by atoms with E-state index in [0.29, 0.717) is 26.4 Å². The molecule has 38 heavy (non-hydrogen) atoms. The highest BCUT2D eigenvalue weighted by molar-refractivity contribution is 9.10. The van der Waals surface area contributed by atoms with E-state index in [4.69, 9.17) is 16.3 Å². The second-order valence-corrected chi connectivity index (χ2v) is 10.1. The van der Waals surface area contributed by atoms with Crippen LogP contribution in [0.3, 0.4) is 0 Å². The van der Waals surface area contributed by atoms with Crippen molar-refractivity contribution >= 4 is 27.5 Å². The second-order valence-electron chi connectivity index (χ2n) is 8.79. The normalized spacial score (nSPS) is 20.1. The smallest absolute Gasteiger partial charge is 0.419 e. The number of benzene rings is 2. The number of rotatable bonds is 5. The van der Waals surface area contributed by atoms with E-state index >= 15 is 0 Å². The summed E-state index contributed by atoms with van der Waals surface area (Å²) in [7, 11) is 0. The maximum atomic E-state index is 14.6. The van der Waals surface area contributed by atoms with Crippen molar-refractivity contribution in [1.82, 2.24) is 9.88 Å². The third kappa shape index (κ3) is 6.47. The van der Waals surface area contributed by atoms with Crippen molar-refractivity contribution in [2.75, 3.05) is 26.2 Å². The molecule has 0 saturated carbocycles. The fourth-order valence-corrected chi connectivity index (χ4v) is 4.58. The Morgan fingerprint density at radius 1 is 1.13 bits per heavy atom. The summed E-state index contributed by atoms with van der Waals surface area (Å²) in [6.07, 6.45) is -5.91. The summed E-state index contributed by atoms with van der Waals surface area (Å²) >= 11 is 9.29. The molecule has 1 aromatic heterocycles. The number of aromatic nitrogens is 1. The van der Waals surface area contributed by atoms with Gasteiger partial charge in [-0.25, -0.2) is 9.37 Å². The zero-order valence-electron chi connectivity index (χ0n) is 19.8. The molecule has 1 saturated heterocycles. The van der Waals surface area contributed by atoms with Crippen LogP contribution in [0.4, 0.5) is 17.6 Å². The Kier molecular flexibility index (Phi) is 8.65. The summed E-state index contributed by atoms with van der Waals surface area (Å²) in [5.74, 6) is 5.51. The van der Waals surface area contributed by atoms with Crippen LogP contribution >= 0.6 is 27.5 Å². The van der Waals surface area contributed by atoms with Crippen LogP contribution in [0.25, 0.3) is 11.1 Å². The van der Waals surface area contributed by atoms with Crippen molar-refractivity contribution in [3.05, 3.63) is 81.3 Å². The molecule has 0 spiro atoms. The number of aliphatic hydroxyl groups is 2. The lowest BCUT2D eigenvalue weighted by atomic mass is 9.88. The standard InChI is InChI=1S/C27H22BrClF4N2O3/c28-21-13-17(1-7-23-22(30)14-19(15-34-23)18-3-5-20(29)6-4-18)2-8-24(21)38-12-11-35-10-9-26(37,25(36)16-35)27(31,32)33/h2-6,8,13-15,25,36-37H,9-12,16H2/t25?,26-/m1/s1. The molecule has 0 amide bonds. The van der Waals surface area contributed by atoms with Gasteiger partial charge in [-0.1, -0.05) is 29.7 Å². The first kappa shape index (κ1) is 28.3. The number of pyridine rings is 1. The van der Waals surface area contributed by atoms with Gasteiger partial charge in [-0.2, -0.15) is 13.2 Å². The molecular weight excluding hydrogens is 592 g/mol. The van der Waals surface area contributed by atoms with E-state index in [-0.39, 0.29) is 31.9 Å². The van der Waals surface area contributed by atoms with Gasteiger partial charge >= 0.3 is 6.18 Å². The lowest BCUT2D eigenvalue weighted by Gasteiger charge is -2.42. The van der Waals surface area contributed by atoms with Gasteiger partial charge in [-0.3, -0.25) is 4.90 Å². The van der Waals surface area contributed by atoms with Gasteiger partial charge in [0.15, 0.2) is 11.4 Å². The van der Waals surface area contributed by atoms with Crippen LogP contribution in [0.15, 0.2) is 59.2 Å². The maximum Gasteiger partial charge on any atom is 0.419 e. The molecule has 2 atom stereocenters. The van der Waals surface area contributed by atoms with Crippen molar-refractivity contribution in [3.63, 3.8) is 0 Å². The van der Waals surface area contributed by atoms with Crippen LogP contribution < -0.4 is 4.74 Å². The van der Waals surface area contributed by atoms with E-state index in [1.54, 1.807) is 47.4 Å². The first-order chi connectivity index (χ1) is 18.0. The molecular formula is C27H22BrClF4N2O3. The van der Waals surface area contributed by atoms with Crippen LogP contribution in [0.1, 0.15) is 17.7 Å². The molecule has 0 bridgehead atoms. The Labute approximate surface area is 230 Å². The summed E-state index contributed by atoms with van der Waals surface area (Å²) in [5.41, 5.74) is -1.14. The molecule has 2 heterocycles. The average Bonchev–Trinajstić information content (AvgIpc) is 2.86. The number of hydrogen-bond acceptors (Lipinski definition) is 5. The minimum absolute atomic E-state index is 0.000280. The van der Waals surface area contributed by atoms with Crippen LogP contribution in [0.2, 0.25) is 5.02 Å². The summed E-state index contributed by atoms with van der Waals surface area (Å²) in [5, 5.41) is 20.2. The van der Waals surface area contributed by atoms with Crippen LogP contribution in [0.5, 0.6) is 5.75 Å². The molecule has 2 N–H and O–H groups in total. The highest BCUT2D eigenvalue weighted by atomic mass is 79.9. The minimum Gasteiger partial charge on any atom is -0.491 e. The molecule has 11 heteroatoms. The number of likely N-dealkylation sites (tertiary alicyclic amines) is 1. The number of alkyl halides is 3. The second kappa shape index (κ2) is 11.6. The number of hydrogen-bond donors (Lipinski definition) is 2. The molecule has 0 radical (unpaired) electrons. The van der Waals surface area contributed by atoms with E-state index < -0.39 is 30.1 Å². The molecule has 5 nitrogen and oxygen atoms in total. The fraction of sp³-hybridized carbons (Fsp3) is 0.296. The predicted molar refractivity (Wildman–Crippen MR) is 138 cm³/mol. The molecule has 1 fully saturated rings. The Bertz CT molecular complexity index is 1360. The zero-order chi connectivity index (χ0) is 27.5. The highest BCUT2D eigenvalue weighted by Gasteiger charge is 2.59. The Hall–Kier alpha value is -2.68. The van der Waals surface area contributed by atoms with Crippen LogP contribution in [-0.4, -0.2) is 64.2 Å². The van der Waals surface area contributed by atoms with Crippen molar-refractivity contribution in [3.8, 4) is 28.7 Å². The van der Waals surface area contributed by atoms with E-state index in [1.165, 1.54) is 12.3 Å². The van der Waals surface area contributed by atoms with E-state index in [0.717, 1.165) is 5.56 Å². The SMILES string of the molecule is OC1CN(CCOc2ccc(C#Cc3ncc(-c4ccc(Cl)cc4)cc3F)cc2Br)CC[C@]1(O)C(F)(F)F. The number of β-amino-alcohol motifs (C(OH)–C–C–N with tert-alkyl or cyclic N) is 1. The average molecular weight is 614 g/mol. The van der Waals surface area contributed by atoms with Crippen LogP contribution in [0, 0.1) is 17.7 Å². The molecule has 1 aliphatic rings. The van der Waals surface area contributed by atoms with Crippen molar-refractivity contribution in [2.24, 2.45) is 0 Å². The van der Waals surface area contributed by atoms with Gasteiger partial charge in [0.25, 0.3) is 0 Å². The van der Waals surface area contributed by atoms with Gasteiger partial charge in [0, 0.05) is 48.4 Å². The minimum atomic E-state index is -4.90. The molecule has 1 unspecified atom stereocenters. The number of nitrogens with zero attached hydrogens (tertiary/aromatic N) is 2. The Morgan fingerprint density at radius 3 is 2.50 bits per heavy atom. The first-order valence-electron chi connectivity index (χ1n) is 11.5. The van der Waals surface area contributed by atoms with Gasteiger partial charge in [0.05, 0.1) is 4.47 Å². The topological polar surface area (TPSA) is 65.8 Å². The lowest BCUT2D eigenvalue weighted by Crippen LogP contribution is -2.63. The van der Waals surface area contributed by atoms with Gasteiger partial charge in [-0.05, 0) is 63.8 Å². The van der Waals surface area contributed by atoms with Crippen LogP contribution in [-0.2, 0) is 0 Å². The Morgan fingerprint density at radius 2 is 1.87 bits per heavy atom. The fourth-order valence-electron chi connectivity index (χ4n) is 3.96.